The summed E-state index contributed by atoms with van der Waals surface area (Å²) in [6.07, 6.45) is 0. The SMILES string of the molecule is O=C([O-])CI.O=C([O-])CI.O=C([O-])CI.[Al+3]. The molecule has 0 aromatic rings. The van der Waals surface area contributed by atoms with Crippen LogP contribution >= 0.6 is 67.8 Å². The van der Waals surface area contributed by atoms with E-state index < -0.39 is 17.9 Å². The predicted molar refractivity (Wildman–Crippen MR) is 77.4 cm³/mol. The molecule has 0 saturated carbocycles. The summed E-state index contributed by atoms with van der Waals surface area (Å²) in [7, 11) is 0. The number of hydrogen-bond acceptors (Lipinski definition) is 6. The summed E-state index contributed by atoms with van der Waals surface area (Å²) in [5.74, 6) is -3.03. The van der Waals surface area contributed by atoms with Crippen molar-refractivity contribution in [1.29, 1.82) is 0 Å². The minimum atomic E-state index is -1.01. The molecule has 0 atom stereocenters. The Morgan fingerprint density at radius 1 is 0.688 bits per heavy atom. The van der Waals surface area contributed by atoms with Gasteiger partial charge in [-0.25, -0.2) is 0 Å². The topological polar surface area (TPSA) is 120 Å². The first-order chi connectivity index (χ1) is 6.81. The summed E-state index contributed by atoms with van der Waals surface area (Å²) < 4.78 is 0.243. The first kappa shape index (κ1) is 25.9. The summed E-state index contributed by atoms with van der Waals surface area (Å²) in [5, 5.41) is 27.7. The Bertz CT molecular complexity index is 167. The fourth-order valence-electron chi connectivity index (χ4n) is 0. The van der Waals surface area contributed by atoms with Gasteiger partial charge in [0.25, 0.3) is 0 Å². The van der Waals surface area contributed by atoms with Crippen LogP contribution in [0.5, 0.6) is 0 Å². The monoisotopic (exact) mass is 582 g/mol. The van der Waals surface area contributed by atoms with Gasteiger partial charge in [-0.2, -0.15) is 0 Å². The molecule has 90 valence electrons. The summed E-state index contributed by atoms with van der Waals surface area (Å²) in [4.78, 5) is 27.7. The van der Waals surface area contributed by atoms with Crippen molar-refractivity contribution in [1.82, 2.24) is 0 Å². The van der Waals surface area contributed by atoms with Crippen LogP contribution < -0.4 is 15.3 Å². The zero-order valence-electron chi connectivity index (χ0n) is 7.78. The molecule has 0 saturated heterocycles. The van der Waals surface area contributed by atoms with Crippen molar-refractivity contribution in [2.45, 2.75) is 0 Å². The fourth-order valence-corrected chi connectivity index (χ4v) is 0. The minimum absolute atomic E-state index is 0. The van der Waals surface area contributed by atoms with Crippen LogP contribution in [0.2, 0.25) is 0 Å². The average Bonchev–Trinajstić information content (AvgIpc) is 2.19. The molecule has 0 rings (SSSR count). The maximum atomic E-state index is 9.25. The maximum absolute atomic E-state index is 9.25. The van der Waals surface area contributed by atoms with E-state index in [4.69, 9.17) is 0 Å². The molecular weight excluding hydrogens is 576 g/mol. The number of hydrogen-bond donors (Lipinski definition) is 0. The van der Waals surface area contributed by atoms with E-state index in [1.54, 1.807) is 67.8 Å². The number of carbonyl (C=O) groups is 3. The number of alkyl halides is 3. The summed E-state index contributed by atoms with van der Waals surface area (Å²) in [5.41, 5.74) is 0. The fraction of sp³-hybridized carbons (Fsp3) is 0.500. The molecule has 0 aliphatic carbocycles. The number of rotatable bonds is 3. The molecule has 0 aliphatic rings. The Morgan fingerprint density at radius 2 is 0.750 bits per heavy atom. The van der Waals surface area contributed by atoms with E-state index in [1.807, 2.05) is 0 Å². The van der Waals surface area contributed by atoms with Gasteiger partial charge < -0.3 is 29.7 Å². The van der Waals surface area contributed by atoms with E-state index in [0.717, 1.165) is 0 Å². The molecule has 0 fully saturated rings. The number of carboxylic acid groups (broad SMARTS) is 3. The van der Waals surface area contributed by atoms with Crippen LogP contribution in [0.3, 0.4) is 0 Å². The molecule has 0 unspecified atom stereocenters. The van der Waals surface area contributed by atoms with Crippen molar-refractivity contribution in [2.75, 3.05) is 13.3 Å². The zero-order chi connectivity index (χ0) is 12.9. The van der Waals surface area contributed by atoms with Crippen LogP contribution in [-0.2, 0) is 14.4 Å². The Morgan fingerprint density at radius 3 is 0.750 bits per heavy atom. The molecule has 0 bridgehead atoms. The van der Waals surface area contributed by atoms with Crippen LogP contribution in [0, 0.1) is 0 Å². The van der Waals surface area contributed by atoms with Crippen molar-refractivity contribution >= 4 is 103 Å². The Hall–Kier alpha value is 1.13. The molecule has 0 radical (unpaired) electrons. The minimum Gasteiger partial charge on any atom is -0.549 e. The number of carboxylic acids is 3. The van der Waals surface area contributed by atoms with Gasteiger partial charge in [0.2, 0.25) is 0 Å². The van der Waals surface area contributed by atoms with Gasteiger partial charge in [0.05, 0.1) is 17.9 Å². The molecule has 0 aliphatic heterocycles. The molecule has 10 heteroatoms. The van der Waals surface area contributed by atoms with Crippen molar-refractivity contribution < 1.29 is 29.7 Å². The predicted octanol–water partition coefficient (Wildman–Crippen LogP) is -2.87. The molecule has 0 spiro atoms. The Kier molecular flexibility index (Phi) is 34.6. The molecule has 16 heavy (non-hydrogen) atoms. The van der Waals surface area contributed by atoms with E-state index >= 15 is 0 Å². The average molecular weight is 582 g/mol. The molecule has 0 N–H and O–H groups in total. The van der Waals surface area contributed by atoms with E-state index in [9.17, 15) is 29.7 Å². The van der Waals surface area contributed by atoms with Crippen molar-refractivity contribution in [3.05, 3.63) is 0 Å². The second-order valence-corrected chi connectivity index (χ2v) is 3.81. The summed E-state index contributed by atoms with van der Waals surface area (Å²) >= 11 is 5.15. The van der Waals surface area contributed by atoms with Gasteiger partial charge in [-0.3, -0.25) is 0 Å². The molecular formula is C6H6AlI3O6. The molecule has 0 heterocycles. The van der Waals surface area contributed by atoms with E-state index in [0.29, 0.717) is 0 Å². The van der Waals surface area contributed by atoms with Crippen LogP contribution in [0.15, 0.2) is 0 Å². The Labute approximate surface area is 144 Å². The number of aliphatic carboxylic acids is 3. The van der Waals surface area contributed by atoms with Crippen LogP contribution in [0.25, 0.3) is 0 Å². The van der Waals surface area contributed by atoms with Crippen LogP contribution in [0.4, 0.5) is 0 Å². The number of halogens is 3. The molecule has 0 aromatic carbocycles. The van der Waals surface area contributed by atoms with Crippen molar-refractivity contribution in [3.63, 3.8) is 0 Å². The van der Waals surface area contributed by atoms with Gasteiger partial charge in [0.15, 0.2) is 0 Å². The second-order valence-electron chi connectivity index (χ2n) is 1.52. The summed E-state index contributed by atoms with van der Waals surface area (Å²) in [6.45, 7) is 0. The van der Waals surface area contributed by atoms with Crippen LogP contribution in [-0.4, -0.2) is 48.6 Å². The number of carbonyl (C=O) groups excluding carboxylic acids is 3. The largest absolute Gasteiger partial charge is 3.00 e. The normalized spacial score (nSPS) is 6.94. The van der Waals surface area contributed by atoms with Gasteiger partial charge in [-0.05, 0) is 0 Å². The van der Waals surface area contributed by atoms with E-state index in [-0.39, 0.29) is 30.6 Å². The van der Waals surface area contributed by atoms with Gasteiger partial charge in [0.1, 0.15) is 0 Å². The van der Waals surface area contributed by atoms with Crippen molar-refractivity contribution in [2.24, 2.45) is 0 Å². The molecule has 0 aromatic heterocycles. The maximum Gasteiger partial charge on any atom is 3.00 e. The van der Waals surface area contributed by atoms with E-state index in [1.165, 1.54) is 0 Å². The quantitative estimate of drug-likeness (QED) is 0.201. The third kappa shape index (κ3) is 59.4. The summed E-state index contributed by atoms with van der Waals surface area (Å²) in [6, 6.07) is 0. The van der Waals surface area contributed by atoms with Gasteiger partial charge in [0, 0.05) is 13.3 Å². The Balaban J connectivity index is -0.0000000655. The van der Waals surface area contributed by atoms with Gasteiger partial charge >= 0.3 is 17.4 Å². The van der Waals surface area contributed by atoms with Gasteiger partial charge in [-0.1, -0.05) is 67.8 Å². The van der Waals surface area contributed by atoms with Crippen molar-refractivity contribution in [3.8, 4) is 0 Å². The van der Waals surface area contributed by atoms with E-state index in [2.05, 4.69) is 0 Å². The standard InChI is InChI=1S/3C2H3IO2.Al/c3*3-1-2(4)5;/h3*1H2,(H,4,5);/q;;;+3/p-3. The first-order valence-corrected chi connectivity index (χ1v) is 7.66. The molecule has 0 amide bonds. The third-order valence-corrected chi connectivity index (χ3v) is 2.20. The van der Waals surface area contributed by atoms with Crippen LogP contribution in [0.1, 0.15) is 0 Å². The molecule has 6 nitrogen and oxygen atoms in total. The first-order valence-electron chi connectivity index (χ1n) is 3.09. The zero-order valence-corrected chi connectivity index (χ0v) is 15.4. The smallest absolute Gasteiger partial charge is 0.549 e. The second kappa shape index (κ2) is 21.4. The third-order valence-electron chi connectivity index (χ3n) is 0.327. The van der Waals surface area contributed by atoms with Gasteiger partial charge in [-0.15, -0.1) is 0 Å².